The molecule has 1 unspecified atom stereocenters. The molecule has 0 bridgehead atoms. The molecule has 0 saturated carbocycles. The Labute approximate surface area is 117 Å². The van der Waals surface area contributed by atoms with E-state index in [9.17, 15) is 5.11 Å². The highest BCUT2D eigenvalue weighted by Gasteiger charge is 2.32. The Kier molecular flexibility index (Phi) is 2.91. The molecule has 0 saturated heterocycles. The maximum Gasteiger partial charge on any atom is 0.123 e. The van der Waals surface area contributed by atoms with E-state index in [1.54, 1.807) is 11.3 Å². The van der Waals surface area contributed by atoms with Crippen molar-refractivity contribution in [3.05, 3.63) is 51.2 Å². The molecule has 2 nitrogen and oxygen atoms in total. The Morgan fingerprint density at radius 1 is 1.32 bits per heavy atom. The molecule has 2 heterocycles. The van der Waals surface area contributed by atoms with Crippen LogP contribution in [0.25, 0.3) is 0 Å². The Balaban J connectivity index is 2.02. The third kappa shape index (κ3) is 2.07. The van der Waals surface area contributed by atoms with Gasteiger partial charge in [0.2, 0.25) is 0 Å². The van der Waals surface area contributed by atoms with Crippen molar-refractivity contribution in [2.75, 3.05) is 6.61 Å². The van der Waals surface area contributed by atoms with Gasteiger partial charge >= 0.3 is 0 Å². The average molecular weight is 274 g/mol. The quantitative estimate of drug-likeness (QED) is 0.902. The van der Waals surface area contributed by atoms with E-state index < -0.39 is 6.10 Å². The van der Waals surface area contributed by atoms with Crippen LogP contribution in [0.5, 0.6) is 5.75 Å². The highest BCUT2D eigenvalue weighted by molar-refractivity contribution is 7.10. The van der Waals surface area contributed by atoms with Crippen LogP contribution in [0.3, 0.4) is 0 Å². The van der Waals surface area contributed by atoms with Gasteiger partial charge in [0.05, 0.1) is 6.61 Å². The van der Waals surface area contributed by atoms with Gasteiger partial charge < -0.3 is 9.84 Å². The lowest BCUT2D eigenvalue weighted by Crippen LogP contribution is -2.18. The van der Waals surface area contributed by atoms with Gasteiger partial charge in [0.15, 0.2) is 0 Å². The van der Waals surface area contributed by atoms with Crippen LogP contribution in [-0.4, -0.2) is 11.7 Å². The van der Waals surface area contributed by atoms with Gasteiger partial charge in [-0.15, -0.1) is 11.3 Å². The molecule has 3 heteroatoms. The normalized spacial score (nSPS) is 17.9. The first-order valence-corrected chi connectivity index (χ1v) is 7.36. The van der Waals surface area contributed by atoms with E-state index in [1.165, 1.54) is 5.56 Å². The van der Waals surface area contributed by atoms with E-state index in [1.807, 2.05) is 30.5 Å². The summed E-state index contributed by atoms with van der Waals surface area (Å²) < 4.78 is 5.68. The fourth-order valence-electron chi connectivity index (χ4n) is 2.52. The van der Waals surface area contributed by atoms with Gasteiger partial charge in [0, 0.05) is 15.9 Å². The summed E-state index contributed by atoms with van der Waals surface area (Å²) in [5.41, 5.74) is 3.31. The number of aliphatic hydroxyl groups excluding tert-OH is 1. The Bertz CT molecular complexity index is 613. The summed E-state index contributed by atoms with van der Waals surface area (Å²) in [4.78, 5) is 1.02. The summed E-state index contributed by atoms with van der Waals surface area (Å²) in [5, 5.41) is 12.6. The fraction of sp³-hybridized carbons (Fsp3) is 0.375. The standard InChI is InChI=1S/C16H18O2S/c1-10-6-7-19-15(10)14(17)11-4-5-13-12(8-11)16(2,3)9-18-13/h4-8,14,17H,9H2,1-3H3. The lowest BCUT2D eigenvalue weighted by atomic mass is 9.85. The largest absolute Gasteiger partial charge is 0.492 e. The molecule has 0 amide bonds. The minimum atomic E-state index is -0.540. The first-order valence-electron chi connectivity index (χ1n) is 6.48. The molecule has 1 aromatic heterocycles. The molecule has 0 radical (unpaired) electrons. The first kappa shape index (κ1) is 12.7. The molecule has 2 aromatic rings. The van der Waals surface area contributed by atoms with Gasteiger partial charge in [-0.05, 0) is 41.6 Å². The van der Waals surface area contributed by atoms with Gasteiger partial charge in [-0.25, -0.2) is 0 Å². The molecule has 0 spiro atoms. The van der Waals surface area contributed by atoms with Crippen molar-refractivity contribution in [2.45, 2.75) is 32.3 Å². The summed E-state index contributed by atoms with van der Waals surface area (Å²) in [5.74, 6) is 0.948. The third-order valence-electron chi connectivity index (χ3n) is 3.79. The Morgan fingerprint density at radius 2 is 2.11 bits per heavy atom. The zero-order chi connectivity index (χ0) is 13.6. The van der Waals surface area contributed by atoms with Crippen molar-refractivity contribution in [3.63, 3.8) is 0 Å². The molecule has 1 aromatic carbocycles. The number of ether oxygens (including phenoxy) is 1. The molecule has 19 heavy (non-hydrogen) atoms. The minimum absolute atomic E-state index is 0.0234. The maximum absolute atomic E-state index is 10.5. The molecule has 1 N–H and O–H groups in total. The number of aryl methyl sites for hydroxylation is 1. The molecular formula is C16H18O2S. The molecule has 1 atom stereocenters. The second-order valence-corrected chi connectivity index (χ2v) is 6.75. The van der Waals surface area contributed by atoms with Gasteiger partial charge in [-0.3, -0.25) is 0 Å². The Morgan fingerprint density at radius 3 is 2.79 bits per heavy atom. The summed E-state index contributed by atoms with van der Waals surface area (Å²) in [6, 6.07) is 8.07. The number of hydrogen-bond donors (Lipinski definition) is 1. The van der Waals surface area contributed by atoms with E-state index in [0.717, 1.165) is 21.8 Å². The lowest BCUT2D eigenvalue weighted by Gasteiger charge is -2.17. The molecule has 1 aliphatic heterocycles. The molecule has 1 aliphatic rings. The summed E-state index contributed by atoms with van der Waals surface area (Å²) >= 11 is 1.60. The number of thiophene rings is 1. The van der Waals surface area contributed by atoms with Gasteiger partial charge in [0.25, 0.3) is 0 Å². The fourth-order valence-corrected chi connectivity index (χ4v) is 3.46. The monoisotopic (exact) mass is 274 g/mol. The number of hydrogen-bond acceptors (Lipinski definition) is 3. The maximum atomic E-state index is 10.5. The molecule has 3 rings (SSSR count). The number of benzene rings is 1. The number of rotatable bonds is 2. The van der Waals surface area contributed by atoms with E-state index in [4.69, 9.17) is 4.74 Å². The first-order chi connectivity index (χ1) is 8.99. The van der Waals surface area contributed by atoms with Crippen LogP contribution in [0.4, 0.5) is 0 Å². The van der Waals surface area contributed by atoms with E-state index in [2.05, 4.69) is 19.9 Å². The summed E-state index contributed by atoms with van der Waals surface area (Å²) in [7, 11) is 0. The SMILES string of the molecule is Cc1ccsc1C(O)c1ccc2c(c1)C(C)(C)CO2. The van der Waals surface area contributed by atoms with Gasteiger partial charge in [-0.2, -0.15) is 0 Å². The highest BCUT2D eigenvalue weighted by atomic mass is 32.1. The minimum Gasteiger partial charge on any atom is -0.492 e. The van der Waals surface area contributed by atoms with Crippen molar-refractivity contribution < 1.29 is 9.84 Å². The predicted octanol–water partition coefficient (Wildman–Crippen LogP) is 3.81. The summed E-state index contributed by atoms with van der Waals surface area (Å²) in [6.07, 6.45) is -0.540. The second-order valence-electron chi connectivity index (χ2n) is 5.80. The molecular weight excluding hydrogens is 256 g/mol. The third-order valence-corrected chi connectivity index (χ3v) is 4.86. The van der Waals surface area contributed by atoms with Crippen molar-refractivity contribution >= 4 is 11.3 Å². The molecule has 0 fully saturated rings. The van der Waals surface area contributed by atoms with Crippen LogP contribution < -0.4 is 4.74 Å². The lowest BCUT2D eigenvalue weighted by molar-refractivity contribution is 0.223. The molecule has 100 valence electrons. The average Bonchev–Trinajstić information content (AvgIpc) is 2.93. The number of aliphatic hydroxyl groups is 1. The van der Waals surface area contributed by atoms with Crippen LogP contribution in [0.15, 0.2) is 29.6 Å². The molecule has 0 aliphatic carbocycles. The zero-order valence-electron chi connectivity index (χ0n) is 11.4. The van der Waals surface area contributed by atoms with Crippen molar-refractivity contribution in [1.82, 2.24) is 0 Å². The van der Waals surface area contributed by atoms with Crippen molar-refractivity contribution in [1.29, 1.82) is 0 Å². The van der Waals surface area contributed by atoms with E-state index in [0.29, 0.717) is 6.61 Å². The van der Waals surface area contributed by atoms with Crippen molar-refractivity contribution in [3.8, 4) is 5.75 Å². The van der Waals surface area contributed by atoms with Crippen LogP contribution in [0.1, 0.15) is 41.5 Å². The van der Waals surface area contributed by atoms with Crippen LogP contribution >= 0.6 is 11.3 Å². The highest BCUT2D eigenvalue weighted by Crippen LogP contribution is 2.40. The van der Waals surface area contributed by atoms with Crippen LogP contribution in [0, 0.1) is 6.92 Å². The predicted molar refractivity (Wildman–Crippen MR) is 78.1 cm³/mol. The van der Waals surface area contributed by atoms with Gasteiger partial charge in [0.1, 0.15) is 11.9 Å². The van der Waals surface area contributed by atoms with Crippen molar-refractivity contribution in [2.24, 2.45) is 0 Å². The topological polar surface area (TPSA) is 29.5 Å². The zero-order valence-corrected chi connectivity index (χ0v) is 12.3. The van der Waals surface area contributed by atoms with Crippen LogP contribution in [-0.2, 0) is 5.41 Å². The Hall–Kier alpha value is -1.32. The van der Waals surface area contributed by atoms with E-state index in [-0.39, 0.29) is 5.41 Å². The smallest absolute Gasteiger partial charge is 0.123 e. The van der Waals surface area contributed by atoms with Gasteiger partial charge in [-0.1, -0.05) is 19.9 Å². The second kappa shape index (κ2) is 4.36. The number of fused-ring (bicyclic) bond motifs is 1. The summed E-state index contributed by atoms with van der Waals surface area (Å²) in [6.45, 7) is 7.09. The van der Waals surface area contributed by atoms with Crippen LogP contribution in [0.2, 0.25) is 0 Å². The van der Waals surface area contributed by atoms with E-state index >= 15 is 0 Å².